The van der Waals surface area contributed by atoms with Crippen LogP contribution in [0.3, 0.4) is 0 Å². The van der Waals surface area contributed by atoms with Gasteiger partial charge in [0.2, 0.25) is 35.8 Å². The number of rotatable bonds is 34. The number of carboxylic acids is 1. The Kier molecular flexibility index (Phi) is 29.6. The SMILES string of the molecule is CC[C@H](C)[C@@H]([C@@H](CC(=O)N1CCC[C@H]1[C@H](OC)[C@@H](C)C(=O)N[C@H](C)[C@@H](O)c1ccccc1)OC)N(C)C(=O)[C@@H](NC(=O)[C@H](C(C)C)N(C)C(=O)OCc1cc(NC(=O)CCCCCCCON)ccc1OC1OC(C(=O)O)C(O)C(O)C1O)C(C)C. The van der Waals surface area contributed by atoms with Gasteiger partial charge in [-0.3, -0.25) is 28.9 Å². The van der Waals surface area contributed by atoms with Crippen LogP contribution in [0.2, 0.25) is 0 Å². The fourth-order valence-corrected chi connectivity index (χ4v) is 11.3. The number of carbonyl (C=O) groups is 7. The van der Waals surface area contributed by atoms with Crippen LogP contribution in [0.4, 0.5) is 10.5 Å². The van der Waals surface area contributed by atoms with Crippen molar-refractivity contribution in [2.45, 2.75) is 205 Å². The van der Waals surface area contributed by atoms with Gasteiger partial charge in [-0.15, -0.1) is 0 Å². The third kappa shape index (κ3) is 19.7. The van der Waals surface area contributed by atoms with Gasteiger partial charge in [-0.2, -0.15) is 0 Å². The maximum absolute atomic E-state index is 14.9. The predicted molar refractivity (Wildman–Crippen MR) is 316 cm³/mol. The molecule has 4 rings (SSSR count). The summed E-state index contributed by atoms with van der Waals surface area (Å²) >= 11 is 0. The third-order valence-corrected chi connectivity index (χ3v) is 16.5. The number of methoxy groups -OCH3 is 2. The average Bonchev–Trinajstić information content (AvgIpc) is 3.75. The van der Waals surface area contributed by atoms with E-state index in [-0.39, 0.29) is 53.5 Å². The van der Waals surface area contributed by atoms with Crippen molar-refractivity contribution >= 4 is 47.3 Å². The van der Waals surface area contributed by atoms with E-state index in [1.165, 1.54) is 44.4 Å². The van der Waals surface area contributed by atoms with Crippen molar-refractivity contribution in [1.29, 1.82) is 0 Å². The summed E-state index contributed by atoms with van der Waals surface area (Å²) in [5.41, 5.74) is 1.00. The Bertz CT molecular complexity index is 2490. The second-order valence-electron chi connectivity index (χ2n) is 23.4. The van der Waals surface area contributed by atoms with Gasteiger partial charge in [0.05, 0.1) is 55.4 Å². The number of hydrogen-bond donors (Lipinski definition) is 9. The molecule has 10 N–H and O–H groups in total. The van der Waals surface area contributed by atoms with Crippen molar-refractivity contribution in [2.24, 2.45) is 29.6 Å². The number of aliphatic carboxylic acids is 1. The maximum Gasteiger partial charge on any atom is 0.410 e. The van der Waals surface area contributed by atoms with Gasteiger partial charge in [-0.25, -0.2) is 15.5 Å². The van der Waals surface area contributed by atoms with Crippen LogP contribution in [0.25, 0.3) is 0 Å². The first-order valence-corrected chi connectivity index (χ1v) is 29.9. The van der Waals surface area contributed by atoms with E-state index in [0.29, 0.717) is 44.4 Å². The zero-order valence-corrected chi connectivity index (χ0v) is 52.1. The Balaban J connectivity index is 1.50. The summed E-state index contributed by atoms with van der Waals surface area (Å²) in [5.74, 6) is -0.645. The number of amides is 6. The van der Waals surface area contributed by atoms with Gasteiger partial charge in [0.1, 0.15) is 42.8 Å². The number of nitrogens with one attached hydrogen (secondary N) is 3. The molecule has 2 saturated heterocycles. The number of hydrogen-bond acceptors (Lipinski definition) is 18. The molecular formula is C61H97N7O18. The number of carboxylic acid groups (broad SMARTS) is 1. The predicted octanol–water partition coefficient (Wildman–Crippen LogP) is 4.02. The van der Waals surface area contributed by atoms with Crippen molar-refractivity contribution in [3.8, 4) is 5.75 Å². The highest BCUT2D eigenvalue weighted by molar-refractivity contribution is 5.92. The number of benzene rings is 2. The zero-order chi connectivity index (χ0) is 64.1. The standard InChI is InChI=1S/C61H97N7O18/c1-13-36(6)49(44(81-11)32-46(70)68-29-22-25-42(68)54(82-12)37(7)56(75)63-38(8)50(71)39-23-18-17-19-24-39)66(9)58(77)47(34(2)3)65-57(76)48(35(4)5)67(10)61(80)83-33-40-31-41(64-45(69)26-20-15-14-16-21-30-84-62)27-28-43(40)85-60-53(74)51(72)52(73)55(86-60)59(78)79/h17-19,23-24,27-28,31,34-38,42,44,47-55,60,71-74H,13-16,20-22,25-26,29-30,32-33,62H2,1-12H3,(H,63,75)(H,64,69)(H,65,76)(H,78,79)/t36-,37+,38+,42-,44+,47-,48-,49-,50+,51?,52?,53?,54+,55?,60?/m0/s1. The minimum absolute atomic E-state index is 0.0848. The highest BCUT2D eigenvalue weighted by atomic mass is 16.7. The number of carbonyl (C=O) groups excluding carboxylic acids is 6. The van der Waals surface area contributed by atoms with E-state index in [9.17, 15) is 59.1 Å². The molecule has 2 aromatic rings. The lowest BCUT2D eigenvalue weighted by Crippen LogP contribution is -2.61. The van der Waals surface area contributed by atoms with Gasteiger partial charge >= 0.3 is 12.1 Å². The first-order chi connectivity index (χ1) is 40.7. The Hall–Kier alpha value is -6.03. The van der Waals surface area contributed by atoms with Crippen molar-refractivity contribution in [3.63, 3.8) is 0 Å². The molecule has 484 valence electrons. The number of nitrogens with zero attached hydrogens (tertiary/aromatic N) is 3. The number of ether oxygens (including phenoxy) is 5. The van der Waals surface area contributed by atoms with E-state index in [1.807, 2.05) is 32.0 Å². The van der Waals surface area contributed by atoms with E-state index in [2.05, 4.69) is 20.8 Å². The highest BCUT2D eigenvalue weighted by Gasteiger charge is 2.49. The fraction of sp³-hybridized carbons (Fsp3) is 0.689. The summed E-state index contributed by atoms with van der Waals surface area (Å²) in [6.45, 7) is 14.6. The van der Waals surface area contributed by atoms with Gasteiger partial charge in [0.25, 0.3) is 0 Å². The molecule has 0 aromatic heterocycles. The van der Waals surface area contributed by atoms with Gasteiger partial charge in [-0.1, -0.05) is 104 Å². The topological polar surface area (TPSA) is 348 Å². The van der Waals surface area contributed by atoms with Crippen LogP contribution in [-0.2, 0) is 59.2 Å². The van der Waals surface area contributed by atoms with E-state index < -0.39 is 127 Å². The number of likely N-dealkylation sites (N-methyl/N-ethyl adjacent to an activating group) is 2. The monoisotopic (exact) mass is 1220 g/mol. The van der Waals surface area contributed by atoms with Crippen molar-refractivity contribution in [1.82, 2.24) is 25.3 Å². The van der Waals surface area contributed by atoms with Crippen molar-refractivity contribution < 1.29 is 87.6 Å². The molecule has 25 heteroatoms. The molecule has 0 radical (unpaired) electrons. The molecule has 2 aromatic carbocycles. The molecule has 0 saturated carbocycles. The minimum atomic E-state index is -1.99. The molecule has 2 aliphatic rings. The maximum atomic E-state index is 14.9. The van der Waals surface area contributed by atoms with Crippen LogP contribution in [-0.4, -0.2) is 196 Å². The molecule has 2 heterocycles. The summed E-state index contributed by atoms with van der Waals surface area (Å²) in [4.78, 5) is 105. The zero-order valence-electron chi connectivity index (χ0n) is 52.1. The molecule has 0 aliphatic carbocycles. The Morgan fingerprint density at radius 2 is 1.48 bits per heavy atom. The van der Waals surface area contributed by atoms with Gasteiger partial charge in [-0.05, 0) is 74.1 Å². The molecule has 0 spiro atoms. The largest absolute Gasteiger partial charge is 0.479 e. The Morgan fingerprint density at radius 1 is 0.814 bits per heavy atom. The van der Waals surface area contributed by atoms with Crippen LogP contribution < -0.4 is 26.6 Å². The number of aliphatic hydroxyl groups excluding tert-OH is 4. The fourth-order valence-electron chi connectivity index (χ4n) is 11.3. The number of likely N-dealkylation sites (tertiary alicyclic amines) is 1. The van der Waals surface area contributed by atoms with Crippen LogP contribution >= 0.6 is 0 Å². The minimum Gasteiger partial charge on any atom is -0.479 e. The van der Waals surface area contributed by atoms with Gasteiger partial charge in [0.15, 0.2) is 6.10 Å². The van der Waals surface area contributed by atoms with E-state index in [1.54, 1.807) is 65.6 Å². The van der Waals surface area contributed by atoms with E-state index in [0.717, 1.165) is 30.6 Å². The number of unbranched alkanes of at least 4 members (excludes halogenated alkanes) is 4. The molecule has 25 nitrogen and oxygen atoms in total. The molecule has 2 aliphatic heterocycles. The van der Waals surface area contributed by atoms with Crippen molar-refractivity contribution in [3.05, 3.63) is 59.7 Å². The second kappa shape index (κ2) is 35.1. The van der Waals surface area contributed by atoms with E-state index in [4.69, 9.17) is 29.6 Å². The number of nitrogens with two attached hydrogens (primary N) is 1. The normalized spacial score (nSPS) is 21.9. The number of anilines is 1. The summed E-state index contributed by atoms with van der Waals surface area (Å²) < 4.78 is 29.0. The molecular weight excluding hydrogens is 1120 g/mol. The summed E-state index contributed by atoms with van der Waals surface area (Å²) in [6.07, 6.45) is -7.32. The lowest BCUT2D eigenvalue weighted by molar-refractivity contribution is -0.271. The van der Waals surface area contributed by atoms with Crippen molar-refractivity contribution in [2.75, 3.05) is 46.8 Å². The van der Waals surface area contributed by atoms with Crippen LogP contribution in [0.1, 0.15) is 137 Å². The molecule has 6 amide bonds. The second-order valence-corrected chi connectivity index (χ2v) is 23.4. The quantitative estimate of drug-likeness (QED) is 0.0353. The third-order valence-electron chi connectivity index (χ3n) is 16.5. The van der Waals surface area contributed by atoms with Gasteiger partial charge < -0.3 is 79.8 Å². The molecule has 2 fully saturated rings. The Morgan fingerprint density at radius 3 is 2.08 bits per heavy atom. The first kappa shape index (κ1) is 72.4. The summed E-state index contributed by atoms with van der Waals surface area (Å²) in [5, 5.41) is 60.8. The van der Waals surface area contributed by atoms with Crippen LogP contribution in [0, 0.1) is 23.7 Å². The Labute approximate surface area is 505 Å². The highest BCUT2D eigenvalue weighted by Crippen LogP contribution is 2.33. The average molecular weight is 1220 g/mol. The summed E-state index contributed by atoms with van der Waals surface area (Å²) in [7, 11) is 5.94. The van der Waals surface area contributed by atoms with Crippen LogP contribution in [0.5, 0.6) is 5.75 Å². The smallest absolute Gasteiger partial charge is 0.410 e. The number of aliphatic hydroxyl groups is 4. The van der Waals surface area contributed by atoms with E-state index >= 15 is 0 Å². The lowest BCUT2D eigenvalue weighted by Gasteiger charge is -2.41. The molecule has 5 unspecified atom stereocenters. The molecule has 15 atom stereocenters. The van der Waals surface area contributed by atoms with Crippen LogP contribution in [0.15, 0.2) is 48.5 Å². The summed E-state index contributed by atoms with van der Waals surface area (Å²) in [6, 6.07) is 9.18. The first-order valence-electron chi connectivity index (χ1n) is 29.9. The molecule has 86 heavy (non-hydrogen) atoms. The van der Waals surface area contributed by atoms with Gasteiger partial charge in [0, 0.05) is 52.5 Å². The lowest BCUT2D eigenvalue weighted by atomic mass is 9.89. The molecule has 0 bridgehead atoms.